The SMILES string of the molecule is CC(C)(C)OC(=O)[C@@H](O)[C@H]([NH3+])Cc1ccccc1. The maximum absolute atomic E-state index is 11.7. The second kappa shape index (κ2) is 5.98. The van der Waals surface area contributed by atoms with Crippen LogP contribution in [0.15, 0.2) is 30.3 Å². The molecule has 0 heterocycles. The summed E-state index contributed by atoms with van der Waals surface area (Å²) in [5.74, 6) is -0.613. The lowest BCUT2D eigenvalue weighted by Gasteiger charge is -2.23. The number of ether oxygens (including phenoxy) is 1. The number of carbonyl (C=O) groups is 1. The molecule has 4 nitrogen and oxygen atoms in total. The van der Waals surface area contributed by atoms with Crippen molar-refractivity contribution in [2.45, 2.75) is 44.9 Å². The fourth-order valence-electron chi connectivity index (χ4n) is 1.58. The first-order chi connectivity index (χ1) is 8.29. The second-order valence-corrected chi connectivity index (χ2v) is 5.43. The fraction of sp³-hybridized carbons (Fsp3) is 0.500. The van der Waals surface area contributed by atoms with E-state index in [0.29, 0.717) is 6.42 Å². The van der Waals surface area contributed by atoms with Gasteiger partial charge in [0.05, 0.1) is 0 Å². The summed E-state index contributed by atoms with van der Waals surface area (Å²) >= 11 is 0. The zero-order valence-electron chi connectivity index (χ0n) is 11.2. The van der Waals surface area contributed by atoms with Gasteiger partial charge in [-0.2, -0.15) is 0 Å². The summed E-state index contributed by atoms with van der Waals surface area (Å²) < 4.78 is 5.13. The maximum atomic E-state index is 11.7. The van der Waals surface area contributed by atoms with E-state index < -0.39 is 23.7 Å². The minimum atomic E-state index is -1.19. The van der Waals surface area contributed by atoms with E-state index in [1.165, 1.54) is 0 Å². The van der Waals surface area contributed by atoms with Crippen molar-refractivity contribution in [1.82, 2.24) is 0 Å². The number of hydrogen-bond donors (Lipinski definition) is 2. The molecule has 0 saturated carbocycles. The van der Waals surface area contributed by atoms with Crippen molar-refractivity contribution in [1.29, 1.82) is 0 Å². The van der Waals surface area contributed by atoms with Crippen molar-refractivity contribution in [3.8, 4) is 0 Å². The molecule has 1 aromatic carbocycles. The van der Waals surface area contributed by atoms with Gasteiger partial charge in [-0.3, -0.25) is 0 Å². The Kier molecular flexibility index (Phi) is 4.87. The average molecular weight is 252 g/mol. The number of rotatable bonds is 4. The number of benzene rings is 1. The lowest BCUT2D eigenvalue weighted by molar-refractivity contribution is -0.434. The maximum Gasteiger partial charge on any atom is 0.341 e. The van der Waals surface area contributed by atoms with Gasteiger partial charge in [-0.05, 0) is 26.3 Å². The average Bonchev–Trinajstić information content (AvgIpc) is 2.27. The zero-order valence-corrected chi connectivity index (χ0v) is 11.2. The summed E-state index contributed by atoms with van der Waals surface area (Å²) in [6, 6.07) is 9.23. The molecule has 2 atom stereocenters. The predicted octanol–water partition coefficient (Wildman–Crippen LogP) is 0.542. The Hall–Kier alpha value is -1.39. The molecule has 0 amide bonds. The van der Waals surface area contributed by atoms with E-state index in [0.717, 1.165) is 5.56 Å². The molecular weight excluding hydrogens is 230 g/mol. The highest BCUT2D eigenvalue weighted by molar-refractivity contribution is 5.75. The highest BCUT2D eigenvalue weighted by atomic mass is 16.6. The second-order valence-electron chi connectivity index (χ2n) is 5.43. The van der Waals surface area contributed by atoms with Crippen LogP contribution in [0.3, 0.4) is 0 Å². The number of esters is 1. The topological polar surface area (TPSA) is 74.2 Å². The van der Waals surface area contributed by atoms with Crippen LogP contribution in [0.2, 0.25) is 0 Å². The summed E-state index contributed by atoms with van der Waals surface area (Å²) in [4.78, 5) is 11.7. The molecule has 4 heteroatoms. The third-order valence-corrected chi connectivity index (χ3v) is 2.44. The van der Waals surface area contributed by atoms with Crippen LogP contribution in [0.5, 0.6) is 0 Å². The summed E-state index contributed by atoms with van der Waals surface area (Å²) in [5.41, 5.74) is 4.28. The molecule has 0 unspecified atom stereocenters. The minimum absolute atomic E-state index is 0.415. The Morgan fingerprint density at radius 1 is 1.33 bits per heavy atom. The zero-order chi connectivity index (χ0) is 13.8. The number of carbonyl (C=O) groups excluding carboxylic acids is 1. The molecule has 0 saturated heterocycles. The third-order valence-electron chi connectivity index (χ3n) is 2.44. The molecule has 0 aliphatic heterocycles. The van der Waals surface area contributed by atoms with Crippen LogP contribution in [0.4, 0.5) is 0 Å². The smallest absolute Gasteiger partial charge is 0.341 e. The Morgan fingerprint density at radius 2 is 1.89 bits per heavy atom. The van der Waals surface area contributed by atoms with Crippen molar-refractivity contribution in [3.05, 3.63) is 35.9 Å². The molecule has 4 N–H and O–H groups in total. The number of aliphatic hydroxyl groups excluding tert-OH is 1. The first kappa shape index (κ1) is 14.7. The van der Waals surface area contributed by atoms with E-state index in [9.17, 15) is 9.90 Å². The molecule has 0 aliphatic carbocycles. The van der Waals surface area contributed by atoms with Crippen molar-refractivity contribution < 1.29 is 20.4 Å². The Labute approximate surface area is 108 Å². The van der Waals surface area contributed by atoms with Crippen LogP contribution >= 0.6 is 0 Å². The van der Waals surface area contributed by atoms with Gasteiger partial charge in [0.15, 0.2) is 0 Å². The molecule has 0 bridgehead atoms. The molecule has 0 aliphatic rings. The van der Waals surface area contributed by atoms with E-state index in [-0.39, 0.29) is 0 Å². The van der Waals surface area contributed by atoms with E-state index in [1.807, 2.05) is 30.3 Å². The van der Waals surface area contributed by atoms with Gasteiger partial charge in [0, 0.05) is 6.42 Å². The highest BCUT2D eigenvalue weighted by Crippen LogP contribution is 2.10. The standard InChI is InChI=1S/C14H21NO3/c1-14(2,3)18-13(17)12(16)11(15)9-10-7-5-4-6-8-10/h4-8,11-12,16H,9,15H2,1-3H3/p+1/t11-,12+/m1/s1. The lowest BCUT2D eigenvalue weighted by atomic mass is 10.0. The molecule has 1 rings (SSSR count). The summed E-state index contributed by atoms with van der Waals surface area (Å²) in [6.07, 6.45) is -0.647. The fourth-order valence-corrected chi connectivity index (χ4v) is 1.58. The Bertz CT molecular complexity index is 384. The van der Waals surface area contributed by atoms with Crippen LogP contribution in [0, 0.1) is 0 Å². The quantitative estimate of drug-likeness (QED) is 0.768. The molecule has 18 heavy (non-hydrogen) atoms. The van der Waals surface area contributed by atoms with Crippen LogP contribution in [-0.4, -0.2) is 28.8 Å². The largest absolute Gasteiger partial charge is 0.458 e. The molecule has 100 valence electrons. The van der Waals surface area contributed by atoms with Crippen molar-refractivity contribution in [3.63, 3.8) is 0 Å². The minimum Gasteiger partial charge on any atom is -0.458 e. The van der Waals surface area contributed by atoms with Gasteiger partial charge in [-0.25, -0.2) is 4.79 Å². The summed E-state index contributed by atoms with van der Waals surface area (Å²) in [5, 5.41) is 9.87. The van der Waals surface area contributed by atoms with Gasteiger partial charge in [0.1, 0.15) is 11.6 Å². The molecule has 1 aromatic rings. The van der Waals surface area contributed by atoms with Crippen LogP contribution in [0.25, 0.3) is 0 Å². The van der Waals surface area contributed by atoms with Gasteiger partial charge >= 0.3 is 5.97 Å². The van der Waals surface area contributed by atoms with Crippen molar-refractivity contribution in [2.24, 2.45) is 0 Å². The number of quaternary nitrogens is 1. The van der Waals surface area contributed by atoms with E-state index in [2.05, 4.69) is 5.73 Å². The summed E-state index contributed by atoms with van der Waals surface area (Å²) in [7, 11) is 0. The molecule has 0 aromatic heterocycles. The first-order valence-electron chi connectivity index (χ1n) is 6.07. The van der Waals surface area contributed by atoms with E-state index in [1.54, 1.807) is 20.8 Å². The van der Waals surface area contributed by atoms with Crippen LogP contribution in [-0.2, 0) is 16.0 Å². The Morgan fingerprint density at radius 3 is 2.39 bits per heavy atom. The van der Waals surface area contributed by atoms with Gasteiger partial charge in [-0.1, -0.05) is 30.3 Å². The van der Waals surface area contributed by atoms with Crippen molar-refractivity contribution >= 4 is 5.97 Å². The Balaban J connectivity index is 2.56. The van der Waals surface area contributed by atoms with Crippen molar-refractivity contribution in [2.75, 3.05) is 0 Å². The van der Waals surface area contributed by atoms with Gasteiger partial charge in [0.25, 0.3) is 0 Å². The predicted molar refractivity (Wildman–Crippen MR) is 68.7 cm³/mol. The van der Waals surface area contributed by atoms with E-state index >= 15 is 0 Å². The third kappa shape index (κ3) is 4.85. The number of aliphatic hydroxyl groups is 1. The molecule has 0 spiro atoms. The normalized spacial score (nSPS) is 14.9. The van der Waals surface area contributed by atoms with Gasteiger partial charge < -0.3 is 15.6 Å². The molecule has 0 radical (unpaired) electrons. The molecule has 0 fully saturated rings. The monoisotopic (exact) mass is 252 g/mol. The number of hydrogen-bond acceptors (Lipinski definition) is 3. The lowest BCUT2D eigenvalue weighted by Crippen LogP contribution is -2.69. The van der Waals surface area contributed by atoms with Crippen LogP contribution in [0.1, 0.15) is 26.3 Å². The van der Waals surface area contributed by atoms with Crippen LogP contribution < -0.4 is 5.73 Å². The van der Waals surface area contributed by atoms with Gasteiger partial charge in [0.2, 0.25) is 6.10 Å². The molecular formula is C14H22NO3+. The highest BCUT2D eigenvalue weighted by Gasteiger charge is 2.30. The van der Waals surface area contributed by atoms with Gasteiger partial charge in [-0.15, -0.1) is 0 Å². The first-order valence-corrected chi connectivity index (χ1v) is 6.07. The van der Waals surface area contributed by atoms with E-state index in [4.69, 9.17) is 4.74 Å². The summed E-state index contributed by atoms with van der Waals surface area (Å²) in [6.45, 7) is 5.31.